The molecule has 0 rings (SSSR count). The van der Waals surface area contributed by atoms with Gasteiger partial charge in [0.2, 0.25) is 5.91 Å². The summed E-state index contributed by atoms with van der Waals surface area (Å²) in [5, 5.41) is 22.9. The average Bonchev–Trinajstić information content (AvgIpc) is 2.92. The Labute approximate surface area is 238 Å². The van der Waals surface area contributed by atoms with Crippen molar-refractivity contribution in [2.24, 2.45) is 0 Å². The predicted octanol–water partition coefficient (Wildman–Crippen LogP) is 9.79. The van der Waals surface area contributed by atoms with E-state index in [-0.39, 0.29) is 12.5 Å². The van der Waals surface area contributed by atoms with Crippen LogP contribution in [0.1, 0.15) is 194 Å². The first-order chi connectivity index (χ1) is 18.7. The second-order valence-corrected chi connectivity index (χ2v) is 11.9. The van der Waals surface area contributed by atoms with Crippen molar-refractivity contribution >= 4 is 5.91 Å². The molecule has 0 spiro atoms. The van der Waals surface area contributed by atoms with E-state index in [1.807, 2.05) is 0 Å². The van der Waals surface area contributed by atoms with E-state index in [0.717, 1.165) is 25.7 Å². The molecule has 0 aromatic carbocycles. The summed E-state index contributed by atoms with van der Waals surface area (Å²) < 4.78 is 0. The van der Waals surface area contributed by atoms with Crippen LogP contribution < -0.4 is 5.32 Å². The summed E-state index contributed by atoms with van der Waals surface area (Å²) in [6.07, 6.45) is 34.3. The van der Waals surface area contributed by atoms with E-state index in [1.165, 1.54) is 141 Å². The van der Waals surface area contributed by atoms with Gasteiger partial charge in [0.05, 0.1) is 18.8 Å². The molecule has 0 bridgehead atoms. The summed E-state index contributed by atoms with van der Waals surface area (Å²) in [5.41, 5.74) is 0. The quantitative estimate of drug-likeness (QED) is 0.0768. The van der Waals surface area contributed by atoms with E-state index in [0.29, 0.717) is 12.8 Å². The minimum absolute atomic E-state index is 0.0308. The fourth-order valence-corrected chi connectivity index (χ4v) is 5.42. The Hall–Kier alpha value is -0.610. The van der Waals surface area contributed by atoms with E-state index < -0.39 is 12.1 Å². The van der Waals surface area contributed by atoms with Gasteiger partial charge in [-0.3, -0.25) is 4.79 Å². The van der Waals surface area contributed by atoms with Crippen LogP contribution in [0.4, 0.5) is 0 Å². The van der Waals surface area contributed by atoms with Gasteiger partial charge >= 0.3 is 0 Å². The van der Waals surface area contributed by atoms with Crippen LogP contribution in [0.5, 0.6) is 0 Å². The second kappa shape index (κ2) is 30.9. The summed E-state index contributed by atoms with van der Waals surface area (Å²) in [7, 11) is 0. The van der Waals surface area contributed by atoms with Crippen LogP contribution in [-0.2, 0) is 4.79 Å². The Balaban J connectivity index is 3.53. The highest BCUT2D eigenvalue weighted by Gasteiger charge is 2.19. The maximum atomic E-state index is 12.3. The van der Waals surface area contributed by atoms with Gasteiger partial charge < -0.3 is 15.5 Å². The first-order valence-corrected chi connectivity index (χ1v) is 17.2. The Morgan fingerprint density at radius 1 is 0.526 bits per heavy atom. The van der Waals surface area contributed by atoms with E-state index in [1.54, 1.807) is 0 Å². The Morgan fingerprint density at radius 2 is 0.842 bits per heavy atom. The molecule has 0 aliphatic rings. The number of rotatable bonds is 31. The maximum absolute atomic E-state index is 12.3. The van der Waals surface area contributed by atoms with Gasteiger partial charge in [0.1, 0.15) is 0 Å². The topological polar surface area (TPSA) is 69.6 Å². The van der Waals surface area contributed by atoms with Crippen LogP contribution >= 0.6 is 0 Å². The third kappa shape index (κ3) is 27.0. The standard InChI is InChI=1S/C34H69NO3/c1-3-5-7-9-11-13-15-16-17-18-20-22-24-26-28-30-34(38)35-32(31-36)33(37)29-27-25-23-21-19-14-12-10-8-6-4-2/h32-33,36-37H,3-31H2,1-2H3,(H,35,38)/t32-,33+/m1/s1. The monoisotopic (exact) mass is 540 g/mol. The normalized spacial score (nSPS) is 13.1. The smallest absolute Gasteiger partial charge is 0.220 e. The maximum Gasteiger partial charge on any atom is 0.220 e. The van der Waals surface area contributed by atoms with E-state index >= 15 is 0 Å². The summed E-state index contributed by atoms with van der Waals surface area (Å²) in [6, 6.07) is -0.526. The molecule has 0 aliphatic heterocycles. The number of carbonyl (C=O) groups is 1. The number of amides is 1. The van der Waals surface area contributed by atoms with Gasteiger partial charge in [0.15, 0.2) is 0 Å². The minimum atomic E-state index is -0.649. The third-order valence-corrected chi connectivity index (χ3v) is 8.12. The van der Waals surface area contributed by atoms with Crippen molar-refractivity contribution in [3.63, 3.8) is 0 Å². The molecule has 0 saturated heterocycles. The predicted molar refractivity (Wildman–Crippen MR) is 166 cm³/mol. The molecule has 0 unspecified atom stereocenters. The summed E-state index contributed by atoms with van der Waals surface area (Å²) in [5.74, 6) is -0.0308. The number of unbranched alkanes of at least 4 members (excludes halogenated alkanes) is 24. The molecule has 3 N–H and O–H groups in total. The lowest BCUT2D eigenvalue weighted by Gasteiger charge is -2.22. The number of aliphatic hydroxyl groups is 2. The van der Waals surface area contributed by atoms with Crippen LogP contribution in [0.2, 0.25) is 0 Å². The lowest BCUT2D eigenvalue weighted by atomic mass is 10.0. The van der Waals surface area contributed by atoms with Crippen LogP contribution in [0.25, 0.3) is 0 Å². The van der Waals surface area contributed by atoms with Gasteiger partial charge in [-0.05, 0) is 12.8 Å². The first kappa shape index (κ1) is 37.4. The molecule has 2 atom stereocenters. The fraction of sp³-hybridized carbons (Fsp3) is 0.971. The van der Waals surface area contributed by atoms with Crippen molar-refractivity contribution in [3.05, 3.63) is 0 Å². The van der Waals surface area contributed by atoms with Crippen molar-refractivity contribution in [3.8, 4) is 0 Å². The number of hydrogen-bond acceptors (Lipinski definition) is 3. The summed E-state index contributed by atoms with van der Waals surface area (Å²) >= 11 is 0. The Morgan fingerprint density at radius 3 is 1.18 bits per heavy atom. The molecule has 1 amide bonds. The Kier molecular flexibility index (Phi) is 30.4. The van der Waals surface area contributed by atoms with E-state index in [4.69, 9.17) is 0 Å². The largest absolute Gasteiger partial charge is 0.394 e. The molecule has 0 aliphatic carbocycles. The Bertz CT molecular complexity index is 471. The minimum Gasteiger partial charge on any atom is -0.394 e. The van der Waals surface area contributed by atoms with Gasteiger partial charge in [-0.15, -0.1) is 0 Å². The molecule has 0 saturated carbocycles. The van der Waals surface area contributed by atoms with Crippen LogP contribution in [0, 0.1) is 0 Å². The zero-order chi connectivity index (χ0) is 27.9. The fourth-order valence-electron chi connectivity index (χ4n) is 5.42. The highest BCUT2D eigenvalue weighted by Crippen LogP contribution is 2.15. The summed E-state index contributed by atoms with van der Waals surface area (Å²) in [6.45, 7) is 4.34. The van der Waals surface area contributed by atoms with E-state index in [9.17, 15) is 15.0 Å². The van der Waals surface area contributed by atoms with Crippen LogP contribution in [-0.4, -0.2) is 34.9 Å². The lowest BCUT2D eigenvalue weighted by molar-refractivity contribution is -0.123. The third-order valence-electron chi connectivity index (χ3n) is 8.12. The number of carbonyl (C=O) groups excluding carboxylic acids is 1. The summed E-state index contributed by atoms with van der Waals surface area (Å²) in [4.78, 5) is 12.3. The molecule has 0 aromatic heterocycles. The zero-order valence-corrected chi connectivity index (χ0v) is 26.0. The molecule has 228 valence electrons. The molecule has 0 radical (unpaired) electrons. The zero-order valence-electron chi connectivity index (χ0n) is 26.0. The van der Waals surface area contributed by atoms with Crippen LogP contribution in [0.3, 0.4) is 0 Å². The molecular weight excluding hydrogens is 470 g/mol. The molecule has 38 heavy (non-hydrogen) atoms. The second-order valence-electron chi connectivity index (χ2n) is 11.9. The van der Waals surface area contributed by atoms with Crippen molar-refractivity contribution in [2.45, 2.75) is 206 Å². The highest BCUT2D eigenvalue weighted by molar-refractivity contribution is 5.76. The van der Waals surface area contributed by atoms with Crippen molar-refractivity contribution in [1.82, 2.24) is 5.32 Å². The molecular formula is C34H69NO3. The SMILES string of the molecule is CCCCCCCCCCCCCCCCCC(=O)N[C@H](CO)[C@@H](O)CCCCCCCCCCCCC. The molecule has 4 nitrogen and oxygen atoms in total. The van der Waals surface area contributed by atoms with Crippen LogP contribution in [0.15, 0.2) is 0 Å². The number of aliphatic hydroxyl groups excluding tert-OH is 2. The number of nitrogens with one attached hydrogen (secondary N) is 1. The molecule has 0 fully saturated rings. The number of hydrogen-bond donors (Lipinski definition) is 3. The lowest BCUT2D eigenvalue weighted by Crippen LogP contribution is -2.45. The molecule has 4 heteroatoms. The van der Waals surface area contributed by atoms with E-state index in [2.05, 4.69) is 19.2 Å². The van der Waals surface area contributed by atoms with Gasteiger partial charge in [-0.25, -0.2) is 0 Å². The van der Waals surface area contributed by atoms with Gasteiger partial charge in [-0.1, -0.05) is 174 Å². The molecule has 0 heterocycles. The van der Waals surface area contributed by atoms with Gasteiger partial charge in [-0.2, -0.15) is 0 Å². The average molecular weight is 540 g/mol. The van der Waals surface area contributed by atoms with Gasteiger partial charge in [0.25, 0.3) is 0 Å². The molecule has 0 aromatic rings. The van der Waals surface area contributed by atoms with Crippen molar-refractivity contribution in [1.29, 1.82) is 0 Å². The highest BCUT2D eigenvalue weighted by atomic mass is 16.3. The first-order valence-electron chi connectivity index (χ1n) is 17.2. The van der Waals surface area contributed by atoms with Gasteiger partial charge in [0, 0.05) is 6.42 Å². The van der Waals surface area contributed by atoms with Crippen molar-refractivity contribution in [2.75, 3.05) is 6.61 Å². The van der Waals surface area contributed by atoms with Crippen molar-refractivity contribution < 1.29 is 15.0 Å².